The Bertz CT molecular complexity index is 692. The van der Waals surface area contributed by atoms with E-state index in [1.165, 1.54) is 12.7 Å². The molecule has 0 amide bonds. The predicted octanol–water partition coefficient (Wildman–Crippen LogP) is 2.48. The number of hydrogen-bond acceptors (Lipinski definition) is 4. The van der Waals surface area contributed by atoms with Crippen molar-refractivity contribution in [1.29, 1.82) is 0 Å². The van der Waals surface area contributed by atoms with Crippen molar-refractivity contribution < 1.29 is 9.53 Å². The summed E-state index contributed by atoms with van der Waals surface area (Å²) in [7, 11) is 0. The van der Waals surface area contributed by atoms with E-state index in [0.717, 1.165) is 15.5 Å². The summed E-state index contributed by atoms with van der Waals surface area (Å²) >= 11 is 0. The highest BCUT2D eigenvalue weighted by Gasteiger charge is 2.08. The monoisotopic (exact) mass is 239 g/mol. The summed E-state index contributed by atoms with van der Waals surface area (Å²) in [6, 6.07) is 13.3. The number of nitrogens with zero attached hydrogens (tertiary/aromatic N) is 3. The maximum Gasteiger partial charge on any atom is 0.441 e. The van der Waals surface area contributed by atoms with Crippen molar-refractivity contribution in [2.24, 2.45) is 0 Å². The van der Waals surface area contributed by atoms with Crippen molar-refractivity contribution in [2.75, 3.05) is 0 Å². The first-order valence-corrected chi connectivity index (χ1v) is 5.38. The fourth-order valence-corrected chi connectivity index (χ4v) is 1.68. The molecule has 0 aliphatic carbocycles. The summed E-state index contributed by atoms with van der Waals surface area (Å²) in [6.45, 7) is 0. The van der Waals surface area contributed by atoms with Crippen LogP contribution in [0.4, 0.5) is 4.79 Å². The molecular formula is C13H9N3O2. The number of hydrogen-bond donors (Lipinski definition) is 0. The average molecular weight is 239 g/mol. The molecule has 0 fully saturated rings. The smallest absolute Gasteiger partial charge is 0.409 e. The Labute approximate surface area is 103 Å². The number of rotatable bonds is 1. The molecule has 0 saturated heterocycles. The first-order chi connectivity index (χ1) is 8.83. The molecule has 0 saturated carbocycles. The summed E-state index contributed by atoms with van der Waals surface area (Å²) in [6.07, 6.45) is 1.99. The van der Waals surface area contributed by atoms with Crippen LogP contribution in [0.1, 0.15) is 0 Å². The van der Waals surface area contributed by atoms with E-state index in [2.05, 4.69) is 10.1 Å². The molecule has 5 nitrogen and oxygen atoms in total. The Morgan fingerprint density at radius 1 is 1.11 bits per heavy atom. The van der Waals surface area contributed by atoms with Gasteiger partial charge in [0.25, 0.3) is 0 Å². The minimum Gasteiger partial charge on any atom is -0.409 e. The van der Waals surface area contributed by atoms with Gasteiger partial charge in [0.05, 0.1) is 0 Å². The fourth-order valence-electron chi connectivity index (χ4n) is 1.68. The fraction of sp³-hybridized carbons (Fsp3) is 0. The third-order valence-electron chi connectivity index (χ3n) is 2.53. The summed E-state index contributed by atoms with van der Waals surface area (Å²) in [5.41, 5.74) is 0. The minimum atomic E-state index is -0.581. The zero-order valence-corrected chi connectivity index (χ0v) is 9.35. The molecule has 0 N–H and O–H groups in total. The second-order valence-corrected chi connectivity index (χ2v) is 3.72. The second kappa shape index (κ2) is 4.29. The zero-order chi connectivity index (χ0) is 12.4. The molecule has 3 aromatic rings. The molecule has 0 spiro atoms. The normalized spacial score (nSPS) is 10.4. The van der Waals surface area contributed by atoms with Crippen LogP contribution >= 0.6 is 0 Å². The maximum absolute atomic E-state index is 11.6. The third-order valence-corrected chi connectivity index (χ3v) is 2.53. The van der Waals surface area contributed by atoms with Gasteiger partial charge in [-0.1, -0.05) is 30.3 Å². The van der Waals surface area contributed by atoms with Crippen LogP contribution in [-0.4, -0.2) is 20.9 Å². The van der Waals surface area contributed by atoms with Gasteiger partial charge in [-0.15, -0.1) is 5.10 Å². The first kappa shape index (κ1) is 10.5. The third kappa shape index (κ3) is 1.93. The molecule has 18 heavy (non-hydrogen) atoms. The van der Waals surface area contributed by atoms with Crippen molar-refractivity contribution in [2.45, 2.75) is 0 Å². The number of carbonyl (C=O) groups excluding carboxylic acids is 1. The number of benzene rings is 2. The molecule has 0 atom stereocenters. The van der Waals surface area contributed by atoms with Crippen molar-refractivity contribution in [3.05, 3.63) is 55.1 Å². The number of carbonyl (C=O) groups is 1. The molecule has 0 radical (unpaired) electrons. The van der Waals surface area contributed by atoms with E-state index in [-0.39, 0.29) is 0 Å². The lowest BCUT2D eigenvalue weighted by Crippen LogP contribution is -2.17. The highest BCUT2D eigenvalue weighted by atomic mass is 16.6. The Kier molecular flexibility index (Phi) is 2.49. The van der Waals surface area contributed by atoms with Crippen LogP contribution < -0.4 is 4.74 Å². The molecule has 0 aliphatic rings. The van der Waals surface area contributed by atoms with E-state index in [1.54, 1.807) is 6.07 Å². The average Bonchev–Trinajstić information content (AvgIpc) is 2.92. The Morgan fingerprint density at radius 3 is 2.72 bits per heavy atom. The van der Waals surface area contributed by atoms with E-state index in [4.69, 9.17) is 4.74 Å². The number of ether oxygens (including phenoxy) is 1. The van der Waals surface area contributed by atoms with Crippen LogP contribution in [-0.2, 0) is 0 Å². The van der Waals surface area contributed by atoms with Crippen LogP contribution in [0.3, 0.4) is 0 Å². The minimum absolute atomic E-state index is 0.481. The highest BCUT2D eigenvalue weighted by molar-refractivity contribution is 5.84. The van der Waals surface area contributed by atoms with E-state index in [1.807, 2.05) is 36.4 Å². The quantitative estimate of drug-likeness (QED) is 0.654. The Balaban J connectivity index is 1.89. The molecule has 88 valence electrons. The molecule has 1 heterocycles. The second-order valence-electron chi connectivity index (χ2n) is 3.72. The molecule has 5 heteroatoms. The van der Waals surface area contributed by atoms with E-state index >= 15 is 0 Å². The SMILES string of the molecule is O=C(Oc1ccc2ccccc2c1)n1cncn1. The Morgan fingerprint density at radius 2 is 1.94 bits per heavy atom. The van der Waals surface area contributed by atoms with Gasteiger partial charge < -0.3 is 4.74 Å². The summed E-state index contributed by atoms with van der Waals surface area (Å²) in [5, 5.41) is 5.82. The van der Waals surface area contributed by atoms with Gasteiger partial charge in [0.1, 0.15) is 18.4 Å². The van der Waals surface area contributed by atoms with Crippen LogP contribution in [0.25, 0.3) is 10.8 Å². The molecule has 1 aromatic heterocycles. The lowest BCUT2D eigenvalue weighted by molar-refractivity contribution is 0.198. The van der Waals surface area contributed by atoms with E-state index in [9.17, 15) is 4.79 Å². The van der Waals surface area contributed by atoms with Gasteiger partial charge >= 0.3 is 6.09 Å². The van der Waals surface area contributed by atoms with Gasteiger partial charge in [-0.3, -0.25) is 0 Å². The molecular weight excluding hydrogens is 230 g/mol. The van der Waals surface area contributed by atoms with Crippen LogP contribution in [0.15, 0.2) is 55.1 Å². The number of aromatic nitrogens is 3. The topological polar surface area (TPSA) is 57.0 Å². The van der Waals surface area contributed by atoms with Gasteiger partial charge in [-0.05, 0) is 22.9 Å². The maximum atomic E-state index is 11.6. The summed E-state index contributed by atoms with van der Waals surface area (Å²) in [4.78, 5) is 15.3. The van der Waals surface area contributed by atoms with Crippen molar-refractivity contribution in [3.63, 3.8) is 0 Å². The lowest BCUT2D eigenvalue weighted by Gasteiger charge is -2.04. The number of fused-ring (bicyclic) bond motifs is 1. The Hall–Kier alpha value is -2.69. The van der Waals surface area contributed by atoms with Crippen molar-refractivity contribution >= 4 is 16.9 Å². The zero-order valence-electron chi connectivity index (χ0n) is 9.35. The molecule has 0 unspecified atom stereocenters. The van der Waals surface area contributed by atoms with Crippen LogP contribution in [0.5, 0.6) is 5.75 Å². The summed E-state index contributed by atoms with van der Waals surface area (Å²) < 4.78 is 6.23. The van der Waals surface area contributed by atoms with E-state index < -0.39 is 6.09 Å². The molecule has 0 aliphatic heterocycles. The van der Waals surface area contributed by atoms with Gasteiger partial charge in [0.2, 0.25) is 0 Å². The van der Waals surface area contributed by atoms with Gasteiger partial charge in [0.15, 0.2) is 0 Å². The standard InChI is InChI=1S/C13H9N3O2/c17-13(16-9-14-8-15-16)18-12-6-5-10-3-1-2-4-11(10)7-12/h1-9H. The van der Waals surface area contributed by atoms with Gasteiger partial charge in [0, 0.05) is 0 Å². The largest absolute Gasteiger partial charge is 0.441 e. The van der Waals surface area contributed by atoms with Crippen LogP contribution in [0.2, 0.25) is 0 Å². The van der Waals surface area contributed by atoms with Gasteiger partial charge in [-0.25, -0.2) is 9.78 Å². The highest BCUT2D eigenvalue weighted by Crippen LogP contribution is 2.20. The first-order valence-electron chi connectivity index (χ1n) is 5.38. The lowest BCUT2D eigenvalue weighted by atomic mass is 10.1. The van der Waals surface area contributed by atoms with Gasteiger partial charge in [-0.2, -0.15) is 4.68 Å². The van der Waals surface area contributed by atoms with Crippen molar-refractivity contribution in [3.8, 4) is 5.75 Å². The van der Waals surface area contributed by atoms with E-state index in [0.29, 0.717) is 5.75 Å². The van der Waals surface area contributed by atoms with Crippen molar-refractivity contribution in [1.82, 2.24) is 14.8 Å². The predicted molar refractivity (Wildman–Crippen MR) is 65.4 cm³/mol. The molecule has 0 bridgehead atoms. The molecule has 2 aromatic carbocycles. The summed E-state index contributed by atoms with van der Waals surface area (Å²) in [5.74, 6) is 0.481. The van der Waals surface area contributed by atoms with Crippen LogP contribution in [0, 0.1) is 0 Å². The molecule has 3 rings (SSSR count).